The van der Waals surface area contributed by atoms with Crippen LogP contribution in [-0.4, -0.2) is 83.5 Å². The summed E-state index contributed by atoms with van der Waals surface area (Å²) in [5.41, 5.74) is 0.998. The summed E-state index contributed by atoms with van der Waals surface area (Å²) in [4.78, 5) is 39.5. The average Bonchev–Trinajstić information content (AvgIpc) is 3.41. The van der Waals surface area contributed by atoms with Gasteiger partial charge >= 0.3 is 0 Å². The zero-order valence-corrected chi connectivity index (χ0v) is 18.3. The van der Waals surface area contributed by atoms with Crippen molar-refractivity contribution in [1.29, 1.82) is 0 Å². The monoisotopic (exact) mass is 446 g/mol. The summed E-state index contributed by atoms with van der Waals surface area (Å²) in [6, 6.07) is 7.68. The smallest absolute Gasteiger partial charge is 0.290 e. The lowest BCUT2D eigenvalue weighted by molar-refractivity contribution is -0.131. The minimum absolute atomic E-state index is 0.0554. The van der Waals surface area contributed by atoms with Gasteiger partial charge in [0.25, 0.3) is 12.4 Å². The molecule has 10 heteroatoms. The van der Waals surface area contributed by atoms with Gasteiger partial charge in [-0.15, -0.1) is 0 Å². The fraction of sp³-hybridized carbons (Fsp3) is 0.455. The third kappa shape index (κ3) is 4.96. The molecule has 1 aromatic heterocycles. The molecule has 1 N–H and O–H groups in total. The minimum Gasteiger partial charge on any atom is -0.483 e. The standard InChI is InChI=1S/C21H25FN4O3.CH2O2/c1-13-7-18(23-29-13)21(28)26-10-15-9-25(19(27)12-24(2)3)11-17(15)20(26)14-5-4-6-16(22)8-14;2-1-3/h4-8,15,17,20H,9-12H2,1-3H3;1H,(H,2,3)/t15-,17-,20-;/m0./s1. The van der Waals surface area contributed by atoms with Gasteiger partial charge in [0, 0.05) is 37.5 Å². The first kappa shape index (κ1) is 23.4. The van der Waals surface area contributed by atoms with Gasteiger partial charge in [0.15, 0.2) is 5.69 Å². The first-order valence-corrected chi connectivity index (χ1v) is 10.2. The van der Waals surface area contributed by atoms with Crippen molar-refractivity contribution in [1.82, 2.24) is 19.9 Å². The molecule has 32 heavy (non-hydrogen) atoms. The molecular weight excluding hydrogens is 419 g/mol. The number of likely N-dealkylation sites (tertiary alicyclic amines) is 2. The van der Waals surface area contributed by atoms with Crippen LogP contribution in [0.15, 0.2) is 34.9 Å². The third-order valence-corrected chi connectivity index (χ3v) is 5.77. The SMILES string of the molecule is Cc1cc(C(=O)N2C[C@@H]3CN(C(=O)CN(C)C)C[C@@H]3[C@@H]2c2cccc(F)c2)no1.O=CO. The van der Waals surface area contributed by atoms with Gasteiger partial charge < -0.3 is 24.3 Å². The molecule has 2 saturated heterocycles. The molecule has 0 radical (unpaired) electrons. The molecule has 0 bridgehead atoms. The molecule has 2 fully saturated rings. The second kappa shape index (κ2) is 9.90. The highest BCUT2D eigenvalue weighted by molar-refractivity contribution is 5.93. The van der Waals surface area contributed by atoms with Crippen LogP contribution in [0.5, 0.6) is 0 Å². The van der Waals surface area contributed by atoms with E-state index in [2.05, 4.69) is 5.16 Å². The molecule has 2 aromatic rings. The van der Waals surface area contributed by atoms with Gasteiger partial charge in [-0.2, -0.15) is 0 Å². The highest BCUT2D eigenvalue weighted by Gasteiger charge is 2.50. The lowest BCUT2D eigenvalue weighted by Gasteiger charge is -2.29. The van der Waals surface area contributed by atoms with Crippen LogP contribution in [0.3, 0.4) is 0 Å². The zero-order valence-electron chi connectivity index (χ0n) is 18.3. The van der Waals surface area contributed by atoms with Gasteiger partial charge in [-0.3, -0.25) is 14.4 Å². The molecular formula is C22H27FN4O5. The molecule has 2 amide bonds. The van der Waals surface area contributed by atoms with E-state index in [0.717, 1.165) is 5.56 Å². The number of likely N-dealkylation sites (N-methyl/N-ethyl adjacent to an activating group) is 1. The number of benzene rings is 1. The van der Waals surface area contributed by atoms with E-state index in [9.17, 15) is 14.0 Å². The maximum atomic E-state index is 14.0. The van der Waals surface area contributed by atoms with Crippen LogP contribution >= 0.6 is 0 Å². The first-order chi connectivity index (χ1) is 15.2. The molecule has 0 unspecified atom stereocenters. The van der Waals surface area contributed by atoms with E-state index >= 15 is 0 Å². The van der Waals surface area contributed by atoms with E-state index in [-0.39, 0.29) is 47.7 Å². The number of rotatable bonds is 4. The molecule has 2 aliphatic rings. The van der Waals surface area contributed by atoms with Crippen LogP contribution in [0.25, 0.3) is 0 Å². The number of fused-ring (bicyclic) bond motifs is 1. The van der Waals surface area contributed by atoms with Crippen LogP contribution in [0.4, 0.5) is 4.39 Å². The molecule has 3 atom stereocenters. The summed E-state index contributed by atoms with van der Waals surface area (Å²) in [5.74, 6) is 0.278. The Hall–Kier alpha value is -3.27. The molecule has 2 aliphatic heterocycles. The minimum atomic E-state index is -0.339. The van der Waals surface area contributed by atoms with E-state index in [4.69, 9.17) is 14.4 Å². The van der Waals surface area contributed by atoms with Crippen molar-refractivity contribution >= 4 is 18.3 Å². The normalized spacial score (nSPS) is 21.8. The summed E-state index contributed by atoms with van der Waals surface area (Å²) in [6.07, 6.45) is 0. The Kier molecular flexibility index (Phi) is 7.24. The van der Waals surface area contributed by atoms with Crippen LogP contribution in [-0.2, 0) is 9.59 Å². The number of hydrogen-bond donors (Lipinski definition) is 1. The maximum Gasteiger partial charge on any atom is 0.290 e. The summed E-state index contributed by atoms with van der Waals surface area (Å²) < 4.78 is 19.0. The lowest BCUT2D eigenvalue weighted by atomic mass is 9.89. The van der Waals surface area contributed by atoms with Crippen LogP contribution in [0, 0.1) is 24.6 Å². The number of carbonyl (C=O) groups is 3. The first-order valence-electron chi connectivity index (χ1n) is 10.2. The zero-order chi connectivity index (χ0) is 23.4. The summed E-state index contributed by atoms with van der Waals surface area (Å²) in [6.45, 7) is 3.50. The summed E-state index contributed by atoms with van der Waals surface area (Å²) in [7, 11) is 3.73. The Bertz CT molecular complexity index is 979. The van der Waals surface area contributed by atoms with Crippen molar-refractivity contribution in [2.24, 2.45) is 11.8 Å². The Morgan fingerprint density at radius 3 is 2.59 bits per heavy atom. The van der Waals surface area contributed by atoms with Crippen molar-refractivity contribution in [2.75, 3.05) is 40.3 Å². The number of aryl methyl sites for hydroxylation is 1. The van der Waals surface area contributed by atoms with Crippen molar-refractivity contribution in [3.63, 3.8) is 0 Å². The van der Waals surface area contributed by atoms with E-state index in [1.54, 1.807) is 24.0 Å². The Labute approximate surface area is 185 Å². The van der Waals surface area contributed by atoms with Gasteiger partial charge in [0.1, 0.15) is 11.6 Å². The van der Waals surface area contributed by atoms with Crippen molar-refractivity contribution in [2.45, 2.75) is 13.0 Å². The van der Waals surface area contributed by atoms with Gasteiger partial charge in [-0.25, -0.2) is 4.39 Å². The fourth-order valence-electron chi connectivity index (χ4n) is 4.56. The Balaban J connectivity index is 0.000000913. The van der Waals surface area contributed by atoms with Gasteiger partial charge in [-0.1, -0.05) is 17.3 Å². The average molecular weight is 446 g/mol. The van der Waals surface area contributed by atoms with Crippen molar-refractivity contribution < 1.29 is 28.4 Å². The maximum absolute atomic E-state index is 14.0. The molecule has 172 valence electrons. The van der Waals surface area contributed by atoms with Gasteiger partial charge in [-0.05, 0) is 38.7 Å². The molecule has 3 heterocycles. The van der Waals surface area contributed by atoms with Crippen LogP contribution in [0.2, 0.25) is 0 Å². The van der Waals surface area contributed by atoms with Gasteiger partial charge in [0.05, 0.1) is 12.6 Å². The number of hydrogen-bond acceptors (Lipinski definition) is 6. The number of halogens is 1. The molecule has 0 aliphatic carbocycles. The number of amides is 2. The largest absolute Gasteiger partial charge is 0.483 e. The van der Waals surface area contributed by atoms with E-state index in [1.165, 1.54) is 12.1 Å². The topological polar surface area (TPSA) is 107 Å². The molecule has 4 rings (SSSR count). The Morgan fingerprint density at radius 1 is 1.28 bits per heavy atom. The second-order valence-electron chi connectivity index (χ2n) is 8.35. The summed E-state index contributed by atoms with van der Waals surface area (Å²) in [5, 5.41) is 10.8. The highest BCUT2D eigenvalue weighted by Crippen LogP contribution is 2.45. The molecule has 0 saturated carbocycles. The molecule has 1 aromatic carbocycles. The second-order valence-corrected chi connectivity index (χ2v) is 8.35. The predicted molar refractivity (Wildman–Crippen MR) is 112 cm³/mol. The lowest BCUT2D eigenvalue weighted by Crippen LogP contribution is -2.40. The van der Waals surface area contributed by atoms with E-state index < -0.39 is 0 Å². The predicted octanol–water partition coefficient (Wildman–Crippen LogP) is 1.66. The Morgan fingerprint density at radius 2 is 2.00 bits per heavy atom. The number of aromatic nitrogens is 1. The summed E-state index contributed by atoms with van der Waals surface area (Å²) >= 11 is 0. The van der Waals surface area contributed by atoms with Crippen molar-refractivity contribution in [3.05, 3.63) is 53.2 Å². The third-order valence-electron chi connectivity index (χ3n) is 5.77. The quantitative estimate of drug-likeness (QED) is 0.712. The molecule has 9 nitrogen and oxygen atoms in total. The van der Waals surface area contributed by atoms with E-state index in [0.29, 0.717) is 31.9 Å². The van der Waals surface area contributed by atoms with E-state index in [1.807, 2.05) is 30.0 Å². The fourth-order valence-corrected chi connectivity index (χ4v) is 4.56. The van der Waals surface area contributed by atoms with Crippen LogP contribution in [0.1, 0.15) is 27.9 Å². The number of nitrogens with zero attached hydrogens (tertiary/aromatic N) is 4. The number of carboxylic acid groups (broad SMARTS) is 1. The number of carbonyl (C=O) groups excluding carboxylic acids is 2. The van der Waals surface area contributed by atoms with Crippen molar-refractivity contribution in [3.8, 4) is 0 Å². The van der Waals surface area contributed by atoms with Crippen LogP contribution < -0.4 is 0 Å². The molecule has 0 spiro atoms. The van der Waals surface area contributed by atoms with Gasteiger partial charge in [0.2, 0.25) is 5.91 Å². The highest BCUT2D eigenvalue weighted by atomic mass is 19.1.